The van der Waals surface area contributed by atoms with Gasteiger partial charge >= 0.3 is 0 Å². The summed E-state index contributed by atoms with van der Waals surface area (Å²) in [5.41, 5.74) is 0.839. The van der Waals surface area contributed by atoms with Crippen LogP contribution in [-0.2, 0) is 16.1 Å². The minimum atomic E-state index is -0.497. The average molecular weight is 248 g/mol. The number of non-ortho nitro benzene ring substituents is 1. The Morgan fingerprint density at radius 1 is 1.44 bits per heavy atom. The van der Waals surface area contributed by atoms with Gasteiger partial charge in [0.25, 0.3) is 5.69 Å². The molecule has 2 rings (SSSR count). The molecule has 1 aromatic carbocycles. The molecule has 1 fully saturated rings. The summed E-state index contributed by atoms with van der Waals surface area (Å²) in [6.45, 7) is 2.23. The molecule has 1 aliphatic rings. The van der Waals surface area contributed by atoms with E-state index in [0.29, 0.717) is 13.1 Å². The normalized spacial score (nSPS) is 18.4. The summed E-state index contributed by atoms with van der Waals surface area (Å²) >= 11 is 0. The van der Waals surface area contributed by atoms with E-state index < -0.39 is 10.8 Å². The van der Waals surface area contributed by atoms with Gasteiger partial charge in [0.2, 0.25) is 5.91 Å². The third-order valence-electron chi connectivity index (χ3n) is 3.02. The molecule has 18 heavy (non-hydrogen) atoms. The number of nitro groups is 1. The second-order valence-corrected chi connectivity index (χ2v) is 4.31. The molecule has 0 spiro atoms. The van der Waals surface area contributed by atoms with Gasteiger partial charge in [-0.15, -0.1) is 0 Å². The Morgan fingerprint density at radius 2 is 2.06 bits per heavy atom. The molecule has 1 saturated heterocycles. The van der Waals surface area contributed by atoms with Gasteiger partial charge in [-0.3, -0.25) is 19.7 Å². The number of benzene rings is 1. The largest absolute Gasteiger partial charge is 0.336 e. The minimum Gasteiger partial charge on any atom is -0.336 e. The first-order chi connectivity index (χ1) is 8.49. The fraction of sp³-hybridized carbons (Fsp3) is 0.333. The summed E-state index contributed by atoms with van der Waals surface area (Å²) < 4.78 is 0. The molecule has 1 unspecified atom stereocenters. The van der Waals surface area contributed by atoms with Crippen LogP contribution in [0.25, 0.3) is 0 Å². The Hall–Kier alpha value is -2.24. The monoisotopic (exact) mass is 248 g/mol. The summed E-state index contributed by atoms with van der Waals surface area (Å²) in [5, 5.41) is 10.5. The number of β-lactam (4-membered cyclic amide) rings is 1. The summed E-state index contributed by atoms with van der Waals surface area (Å²) in [5.74, 6) is -0.774. The SMILES string of the molecule is CC(=O)C1CN(Cc2ccc([N+](=O)[O-])cc2)C1=O. The first kappa shape index (κ1) is 12.2. The molecular formula is C12H12N2O4. The molecule has 1 atom stereocenters. The molecule has 0 aliphatic carbocycles. The third kappa shape index (κ3) is 2.22. The predicted octanol–water partition coefficient (Wildman–Crippen LogP) is 1.14. The number of likely N-dealkylation sites (tertiary alicyclic amines) is 1. The number of amides is 1. The Bertz CT molecular complexity index is 509. The van der Waals surface area contributed by atoms with Crippen LogP contribution in [0.2, 0.25) is 0 Å². The molecule has 0 bridgehead atoms. The molecule has 1 aromatic rings. The first-order valence-electron chi connectivity index (χ1n) is 5.51. The van der Waals surface area contributed by atoms with Gasteiger partial charge in [-0.05, 0) is 12.5 Å². The molecule has 94 valence electrons. The zero-order chi connectivity index (χ0) is 13.3. The highest BCUT2D eigenvalue weighted by atomic mass is 16.6. The van der Waals surface area contributed by atoms with E-state index in [-0.39, 0.29) is 17.4 Å². The number of carbonyl (C=O) groups is 2. The van der Waals surface area contributed by atoms with Crippen LogP contribution in [0.5, 0.6) is 0 Å². The van der Waals surface area contributed by atoms with Gasteiger partial charge in [0.15, 0.2) is 0 Å². The number of ketones is 1. The van der Waals surface area contributed by atoms with Crippen molar-refractivity contribution in [2.24, 2.45) is 5.92 Å². The van der Waals surface area contributed by atoms with Crippen molar-refractivity contribution >= 4 is 17.4 Å². The number of hydrogen-bond acceptors (Lipinski definition) is 4. The first-order valence-corrected chi connectivity index (χ1v) is 5.51. The minimum absolute atomic E-state index is 0.0234. The van der Waals surface area contributed by atoms with E-state index in [9.17, 15) is 19.7 Å². The van der Waals surface area contributed by atoms with Gasteiger partial charge in [-0.2, -0.15) is 0 Å². The maximum Gasteiger partial charge on any atom is 0.269 e. The standard InChI is InChI=1S/C12H12N2O4/c1-8(15)11-7-13(12(11)16)6-9-2-4-10(5-3-9)14(17)18/h2-5,11H,6-7H2,1H3. The highest BCUT2D eigenvalue weighted by molar-refractivity contribution is 6.04. The van der Waals surface area contributed by atoms with Gasteiger partial charge in [0.1, 0.15) is 11.7 Å². The second kappa shape index (κ2) is 4.56. The maximum absolute atomic E-state index is 11.6. The quantitative estimate of drug-likeness (QED) is 0.346. The van der Waals surface area contributed by atoms with E-state index in [4.69, 9.17) is 0 Å². The zero-order valence-corrected chi connectivity index (χ0v) is 9.83. The Labute approximate surface area is 103 Å². The molecule has 0 saturated carbocycles. The molecule has 1 amide bonds. The topological polar surface area (TPSA) is 80.5 Å². The van der Waals surface area contributed by atoms with E-state index >= 15 is 0 Å². The molecule has 6 nitrogen and oxygen atoms in total. The van der Waals surface area contributed by atoms with Crippen LogP contribution in [0, 0.1) is 16.0 Å². The molecular weight excluding hydrogens is 236 g/mol. The van der Waals surface area contributed by atoms with Crippen molar-refractivity contribution < 1.29 is 14.5 Å². The summed E-state index contributed by atoms with van der Waals surface area (Å²) in [4.78, 5) is 34.2. The van der Waals surface area contributed by atoms with Gasteiger partial charge in [-0.1, -0.05) is 12.1 Å². The Morgan fingerprint density at radius 3 is 2.50 bits per heavy atom. The van der Waals surface area contributed by atoms with Crippen LogP contribution in [0.3, 0.4) is 0 Å². The maximum atomic E-state index is 11.6. The van der Waals surface area contributed by atoms with Crippen molar-refractivity contribution in [1.29, 1.82) is 0 Å². The van der Waals surface area contributed by atoms with Crippen LogP contribution >= 0.6 is 0 Å². The Balaban J connectivity index is 1.97. The fourth-order valence-corrected chi connectivity index (χ4v) is 1.88. The van der Waals surface area contributed by atoms with Crippen molar-refractivity contribution in [2.75, 3.05) is 6.54 Å². The Kier molecular flexibility index (Phi) is 3.10. The molecule has 0 N–H and O–H groups in total. The summed E-state index contributed by atoms with van der Waals surface area (Å²) in [7, 11) is 0. The number of nitrogens with zero attached hydrogens (tertiary/aromatic N) is 2. The van der Waals surface area contributed by atoms with Crippen molar-refractivity contribution in [1.82, 2.24) is 4.90 Å². The van der Waals surface area contributed by atoms with Gasteiger partial charge in [0.05, 0.1) is 4.92 Å². The van der Waals surface area contributed by atoms with Crippen molar-refractivity contribution in [3.8, 4) is 0 Å². The van der Waals surface area contributed by atoms with E-state index in [0.717, 1.165) is 5.56 Å². The van der Waals surface area contributed by atoms with E-state index in [1.54, 1.807) is 17.0 Å². The van der Waals surface area contributed by atoms with Gasteiger partial charge in [-0.25, -0.2) is 0 Å². The average Bonchev–Trinajstić information content (AvgIpc) is 2.33. The van der Waals surface area contributed by atoms with Crippen molar-refractivity contribution in [3.05, 3.63) is 39.9 Å². The summed E-state index contributed by atoms with van der Waals surface area (Å²) in [6, 6.07) is 6.04. The van der Waals surface area contributed by atoms with Crippen molar-refractivity contribution in [2.45, 2.75) is 13.5 Å². The van der Waals surface area contributed by atoms with E-state index in [1.807, 2.05) is 0 Å². The van der Waals surface area contributed by atoms with Crippen LogP contribution in [0.15, 0.2) is 24.3 Å². The van der Waals surface area contributed by atoms with Crippen LogP contribution in [-0.4, -0.2) is 28.1 Å². The lowest BCUT2D eigenvalue weighted by atomic mass is 9.94. The summed E-state index contributed by atoms with van der Waals surface area (Å²) in [6.07, 6.45) is 0. The highest BCUT2D eigenvalue weighted by Gasteiger charge is 2.39. The van der Waals surface area contributed by atoms with Gasteiger partial charge < -0.3 is 4.90 Å². The number of nitro benzene ring substituents is 1. The van der Waals surface area contributed by atoms with Crippen LogP contribution < -0.4 is 0 Å². The molecule has 1 aliphatic heterocycles. The second-order valence-electron chi connectivity index (χ2n) is 4.31. The lowest BCUT2D eigenvalue weighted by Crippen LogP contribution is -2.54. The molecule has 1 heterocycles. The number of rotatable bonds is 4. The van der Waals surface area contributed by atoms with Crippen LogP contribution in [0.4, 0.5) is 5.69 Å². The fourth-order valence-electron chi connectivity index (χ4n) is 1.88. The lowest BCUT2D eigenvalue weighted by molar-refractivity contribution is -0.384. The molecule has 0 aromatic heterocycles. The van der Waals surface area contributed by atoms with Gasteiger partial charge in [0, 0.05) is 25.2 Å². The van der Waals surface area contributed by atoms with Crippen molar-refractivity contribution in [3.63, 3.8) is 0 Å². The number of carbonyl (C=O) groups excluding carboxylic acids is 2. The lowest BCUT2D eigenvalue weighted by Gasteiger charge is -2.37. The zero-order valence-electron chi connectivity index (χ0n) is 9.83. The smallest absolute Gasteiger partial charge is 0.269 e. The van der Waals surface area contributed by atoms with E-state index in [1.165, 1.54) is 19.1 Å². The number of hydrogen-bond donors (Lipinski definition) is 0. The predicted molar refractivity (Wildman–Crippen MR) is 62.7 cm³/mol. The molecule has 6 heteroatoms. The molecule has 0 radical (unpaired) electrons. The van der Waals surface area contributed by atoms with Crippen LogP contribution in [0.1, 0.15) is 12.5 Å². The number of Topliss-reactive ketones (excluding diaryl/α,β-unsaturated/α-hetero) is 1. The van der Waals surface area contributed by atoms with E-state index in [2.05, 4.69) is 0 Å². The highest BCUT2D eigenvalue weighted by Crippen LogP contribution is 2.22. The third-order valence-corrected chi connectivity index (χ3v) is 3.02.